The van der Waals surface area contributed by atoms with Gasteiger partial charge in [-0.15, -0.1) is 0 Å². The molecule has 0 fully saturated rings. The predicted molar refractivity (Wildman–Crippen MR) is 335 cm³/mol. The Hall–Kier alpha value is -11.8. The molecule has 0 spiro atoms. The third-order valence-corrected chi connectivity index (χ3v) is 13.5. The Morgan fingerprint density at radius 3 is 1.04 bits per heavy atom. The van der Waals surface area contributed by atoms with Crippen LogP contribution in [-0.2, 0) is 97.5 Å². The molecular weight excluding hydrogens is 1310 g/mol. The zero-order valence-corrected chi connectivity index (χ0v) is 52.9. The van der Waals surface area contributed by atoms with Gasteiger partial charge in [-0.25, -0.2) is 4.79 Å². The van der Waals surface area contributed by atoms with Gasteiger partial charge >= 0.3 is 11.9 Å². The molecule has 9 atom stereocenters. The van der Waals surface area contributed by atoms with Gasteiger partial charge in [-0.3, -0.25) is 91.3 Å². The van der Waals surface area contributed by atoms with Crippen molar-refractivity contribution in [3.8, 4) is 5.75 Å². The van der Waals surface area contributed by atoms with Crippen molar-refractivity contribution in [3.63, 3.8) is 0 Å². The molecule has 43 heteroatoms. The molecule has 0 aromatic heterocycles. The predicted octanol–water partition coefficient (Wildman–Crippen LogP) is -12.3. The van der Waals surface area contributed by atoms with Crippen LogP contribution < -0.4 is 110 Å². The highest BCUT2D eigenvalue weighted by Gasteiger charge is 2.35. The van der Waals surface area contributed by atoms with Gasteiger partial charge in [0, 0.05) is 51.5 Å². The fourth-order valence-electron chi connectivity index (χ4n) is 8.38. The summed E-state index contributed by atoms with van der Waals surface area (Å²) in [5.74, 6) is -22.1. The number of carboxylic acid groups (broad SMARTS) is 2. The highest BCUT2D eigenvalue weighted by Crippen LogP contribution is 2.14. The van der Waals surface area contributed by atoms with E-state index in [-0.39, 0.29) is 49.5 Å². The number of phenolic OH excluding ortho intramolecular Hbond substituents is 1. The molecule has 1 aromatic rings. The lowest BCUT2D eigenvalue weighted by atomic mass is 10.0. The maximum Gasteiger partial charge on any atom is 0.326 e. The molecule has 98 heavy (non-hydrogen) atoms. The van der Waals surface area contributed by atoms with Gasteiger partial charge in [0.2, 0.25) is 100 Å². The van der Waals surface area contributed by atoms with Crippen LogP contribution in [0.1, 0.15) is 102 Å². The van der Waals surface area contributed by atoms with E-state index in [9.17, 15) is 101 Å². The standard InChI is InChI=1S/C55H85N21O22/c56-27(7-13-36(57)78)46(89)71-29(8-14-37(58)79)49(92)72-30(9-15-38(59)80)50(93)73-31(10-16-39(60)81)51(94)74-32(11-17-40(61)82)52(95)75-33(12-18-41(62)83)53(96)76-34(20-25-3-5-26(77)6-4-25)48(91)67-22-42(84)66-23-43(85)69-28(2-1-19-65-55(63)64)47(90)68-24-44(86)70-35(54(97)98)21-45(87)88/h3-6,27-35,77H,1-2,7-24,56H2,(H2,57,78)(H2,58,79)(H2,59,80)(H2,60,81)(H2,61,82)(H2,62,83)(H,66,84)(H,67,91)(H,68,90)(H,69,85)(H,70,86)(H,71,89)(H,72,92)(H,73,93)(H,74,94)(H,75,95)(H,76,96)(H,87,88)(H,97,98)(H4,63,64,65)/t27-,28-,29-,30-,31-,32-,33-,34-,35-/m0/s1. The Balaban J connectivity index is 3.54. The molecule has 0 saturated carbocycles. The number of carboxylic acids is 2. The van der Waals surface area contributed by atoms with Gasteiger partial charge in [0.05, 0.1) is 32.1 Å². The van der Waals surface area contributed by atoms with Crippen LogP contribution in [-0.4, -0.2) is 214 Å². The van der Waals surface area contributed by atoms with Crippen LogP contribution in [0.3, 0.4) is 0 Å². The number of primary amides is 6. The smallest absolute Gasteiger partial charge is 0.326 e. The number of carbonyl (C=O) groups excluding carboxylic acids is 17. The number of nitrogens with two attached hydrogens (primary N) is 9. The number of rotatable bonds is 49. The summed E-state index contributed by atoms with van der Waals surface area (Å²) in [4.78, 5) is 246. The first-order chi connectivity index (χ1) is 45.9. The monoisotopic (exact) mass is 1390 g/mol. The number of nitrogens with one attached hydrogen (secondary N) is 11. The Morgan fingerprint density at radius 1 is 0.367 bits per heavy atom. The van der Waals surface area contributed by atoms with E-state index in [0.717, 1.165) is 0 Å². The molecule has 0 heterocycles. The quantitative estimate of drug-likeness (QED) is 0.0164. The minimum Gasteiger partial charge on any atom is -0.508 e. The summed E-state index contributed by atoms with van der Waals surface area (Å²) in [7, 11) is 0. The van der Waals surface area contributed by atoms with Gasteiger partial charge in [0.15, 0.2) is 5.96 Å². The van der Waals surface area contributed by atoms with Crippen molar-refractivity contribution in [1.82, 2.24) is 58.5 Å². The number of carbonyl (C=O) groups is 19. The number of phenols is 1. The van der Waals surface area contributed by atoms with Crippen molar-refractivity contribution in [2.24, 2.45) is 56.6 Å². The molecule has 0 unspecified atom stereocenters. The second kappa shape index (κ2) is 44.0. The zero-order valence-electron chi connectivity index (χ0n) is 52.9. The molecule has 0 radical (unpaired) electrons. The van der Waals surface area contributed by atoms with E-state index in [1.54, 1.807) is 0 Å². The topological polar surface area (TPSA) is 764 Å². The Labute approximate surface area is 557 Å². The second-order valence-corrected chi connectivity index (χ2v) is 21.7. The lowest BCUT2D eigenvalue weighted by Crippen LogP contribution is -2.60. The van der Waals surface area contributed by atoms with Crippen molar-refractivity contribution in [2.75, 3.05) is 26.2 Å². The third kappa shape index (κ3) is 36.6. The molecule has 0 aliphatic rings. The van der Waals surface area contributed by atoms with Gasteiger partial charge in [0.25, 0.3) is 0 Å². The largest absolute Gasteiger partial charge is 0.508 e. The molecule has 17 amide bonds. The van der Waals surface area contributed by atoms with Gasteiger partial charge < -0.3 is 125 Å². The van der Waals surface area contributed by atoms with E-state index in [4.69, 9.17) is 56.7 Å². The summed E-state index contributed by atoms with van der Waals surface area (Å²) in [6.45, 7) is -2.69. The van der Waals surface area contributed by atoms with Crippen LogP contribution in [0.5, 0.6) is 5.75 Å². The molecule has 0 saturated heterocycles. The van der Waals surface area contributed by atoms with E-state index >= 15 is 0 Å². The summed E-state index contributed by atoms with van der Waals surface area (Å²) < 4.78 is 0. The van der Waals surface area contributed by atoms with Crippen molar-refractivity contribution in [1.29, 1.82) is 0 Å². The minimum atomic E-state index is -1.90. The fraction of sp³-hybridized carbons (Fsp3) is 0.527. The number of aliphatic imine (C=N–C) groups is 1. The van der Waals surface area contributed by atoms with E-state index in [1.165, 1.54) is 24.3 Å². The Bertz CT molecular complexity index is 3110. The van der Waals surface area contributed by atoms with E-state index in [2.05, 4.69) is 58.2 Å². The molecule has 542 valence electrons. The number of hydrogen-bond acceptors (Lipinski definition) is 22. The van der Waals surface area contributed by atoms with Crippen molar-refractivity contribution >= 4 is 118 Å². The van der Waals surface area contributed by atoms with Crippen LogP contribution in [0.4, 0.5) is 0 Å². The highest BCUT2D eigenvalue weighted by atomic mass is 16.4. The average molecular weight is 1390 g/mol. The Kier molecular flexibility index (Phi) is 37.8. The third-order valence-electron chi connectivity index (χ3n) is 13.5. The van der Waals surface area contributed by atoms with Crippen molar-refractivity contribution in [2.45, 2.75) is 157 Å². The molecular formula is C55H85N21O22. The number of guanidine groups is 1. The molecule has 43 nitrogen and oxygen atoms in total. The highest BCUT2D eigenvalue weighted by molar-refractivity contribution is 5.99. The fourth-order valence-corrected chi connectivity index (χ4v) is 8.38. The molecule has 32 N–H and O–H groups in total. The van der Waals surface area contributed by atoms with Crippen LogP contribution in [0.2, 0.25) is 0 Å². The summed E-state index contributed by atoms with van der Waals surface area (Å²) in [6.07, 6.45) is -8.21. The van der Waals surface area contributed by atoms with Crippen molar-refractivity contribution in [3.05, 3.63) is 29.8 Å². The van der Waals surface area contributed by atoms with Crippen molar-refractivity contribution < 1.29 is 106 Å². The lowest BCUT2D eigenvalue weighted by Gasteiger charge is -2.27. The zero-order chi connectivity index (χ0) is 74.4. The second-order valence-electron chi connectivity index (χ2n) is 21.7. The van der Waals surface area contributed by atoms with Crippen LogP contribution in [0.25, 0.3) is 0 Å². The maximum absolute atomic E-state index is 14.3. The normalized spacial score (nSPS) is 13.4. The van der Waals surface area contributed by atoms with Crippen LogP contribution in [0, 0.1) is 0 Å². The van der Waals surface area contributed by atoms with E-state index in [1.807, 2.05) is 5.32 Å². The summed E-state index contributed by atoms with van der Waals surface area (Å²) in [6, 6.07) is -10.4. The first-order valence-electron chi connectivity index (χ1n) is 29.8. The maximum atomic E-state index is 14.3. The number of aliphatic carboxylic acids is 2. The van der Waals surface area contributed by atoms with Crippen LogP contribution in [0.15, 0.2) is 29.3 Å². The van der Waals surface area contributed by atoms with Gasteiger partial charge in [-0.1, -0.05) is 12.1 Å². The lowest BCUT2D eigenvalue weighted by molar-refractivity contribution is -0.147. The number of nitrogens with zero attached hydrogens (tertiary/aromatic N) is 1. The van der Waals surface area contributed by atoms with E-state index < -0.39 is 263 Å². The van der Waals surface area contributed by atoms with Gasteiger partial charge in [-0.2, -0.15) is 0 Å². The van der Waals surface area contributed by atoms with Crippen LogP contribution >= 0.6 is 0 Å². The summed E-state index contributed by atoms with van der Waals surface area (Å²) in [5.41, 5.74) is 48.6. The average Bonchev–Trinajstić information content (AvgIpc) is 0.872. The first kappa shape index (κ1) is 84.2. The minimum absolute atomic E-state index is 0.0471. The number of benzene rings is 1. The number of hydrogen-bond donors (Lipinski definition) is 23. The molecule has 0 aliphatic heterocycles. The van der Waals surface area contributed by atoms with E-state index in [0.29, 0.717) is 0 Å². The summed E-state index contributed by atoms with van der Waals surface area (Å²) in [5, 5.41) is 52.7. The van der Waals surface area contributed by atoms with Gasteiger partial charge in [-0.05, 0) is 69.1 Å². The summed E-state index contributed by atoms with van der Waals surface area (Å²) >= 11 is 0. The molecule has 0 aliphatic carbocycles. The number of aromatic hydroxyl groups is 1. The SMILES string of the molecule is NC(=O)CC[C@H](NC(=O)[C@H](CCC(N)=O)NC(=O)[C@H](CCC(N)=O)NC(=O)[C@H](CCC(N)=O)NC(=O)[C@H](CCC(N)=O)NC(=O)[C@@H](N)CCC(N)=O)C(=O)N[C@@H](Cc1ccc(O)cc1)C(=O)NCC(=O)NCC(=O)N[C@@H](CCCN=C(N)N)C(=O)NCC(=O)N[C@@H](CC(=O)O)C(=O)O. The van der Waals surface area contributed by atoms with Gasteiger partial charge in [0.1, 0.15) is 54.1 Å². The Morgan fingerprint density at radius 2 is 0.684 bits per heavy atom. The first-order valence-corrected chi connectivity index (χ1v) is 29.8. The molecule has 0 bridgehead atoms. The molecule has 1 aromatic carbocycles. The number of amides is 17. The molecule has 1 rings (SSSR count).